The fourth-order valence-electron chi connectivity index (χ4n) is 1.20. The fourth-order valence-corrected chi connectivity index (χ4v) is 1.20. The number of hydrazine groups is 1. The van der Waals surface area contributed by atoms with Crippen LogP contribution in [-0.4, -0.2) is 28.3 Å². The van der Waals surface area contributed by atoms with E-state index in [1.54, 1.807) is 0 Å². The Morgan fingerprint density at radius 3 is 2.93 bits per heavy atom. The van der Waals surface area contributed by atoms with Crippen LogP contribution in [0.4, 0.5) is 5.82 Å². The molecule has 0 bridgehead atoms. The second-order valence-electron chi connectivity index (χ2n) is 2.93. The van der Waals surface area contributed by atoms with Gasteiger partial charge < -0.3 is 15.3 Å². The van der Waals surface area contributed by atoms with Gasteiger partial charge in [-0.1, -0.05) is 6.92 Å². The molecule has 0 unspecified atom stereocenters. The topological polar surface area (TPSA) is 93.3 Å². The number of aliphatic hydroxyl groups is 1. The third-order valence-corrected chi connectivity index (χ3v) is 1.94. The second-order valence-corrected chi connectivity index (χ2v) is 2.93. The van der Waals surface area contributed by atoms with Crippen molar-refractivity contribution in [3.05, 3.63) is 11.9 Å². The van der Waals surface area contributed by atoms with Crippen molar-refractivity contribution < 1.29 is 9.84 Å². The summed E-state index contributed by atoms with van der Waals surface area (Å²) in [5.41, 5.74) is 3.34. The summed E-state index contributed by atoms with van der Waals surface area (Å²) < 4.78 is 5.40. The van der Waals surface area contributed by atoms with Gasteiger partial charge in [0.2, 0.25) is 5.88 Å². The maximum atomic E-state index is 8.63. The van der Waals surface area contributed by atoms with Gasteiger partial charge in [-0.2, -0.15) is 0 Å². The highest BCUT2D eigenvalue weighted by molar-refractivity contribution is 5.47. The minimum atomic E-state index is 0.106. The van der Waals surface area contributed by atoms with Crippen LogP contribution in [0.25, 0.3) is 0 Å². The number of hydrogen-bond acceptors (Lipinski definition) is 6. The predicted molar refractivity (Wildman–Crippen MR) is 56.4 cm³/mol. The molecule has 0 saturated carbocycles. The van der Waals surface area contributed by atoms with Crippen LogP contribution in [0.1, 0.15) is 18.9 Å². The van der Waals surface area contributed by atoms with E-state index in [9.17, 15) is 0 Å². The lowest BCUT2D eigenvalue weighted by atomic mass is 10.2. The van der Waals surface area contributed by atoms with Crippen LogP contribution in [-0.2, 0) is 6.42 Å². The number of nitrogens with one attached hydrogen (secondary N) is 1. The number of nitrogens with two attached hydrogens (primary N) is 1. The summed E-state index contributed by atoms with van der Waals surface area (Å²) in [5.74, 6) is 6.41. The molecule has 0 atom stereocenters. The maximum Gasteiger partial charge on any atom is 0.221 e. The highest BCUT2D eigenvalue weighted by Gasteiger charge is 2.09. The van der Waals surface area contributed by atoms with E-state index in [2.05, 4.69) is 15.4 Å². The summed E-state index contributed by atoms with van der Waals surface area (Å²) in [7, 11) is 0. The van der Waals surface area contributed by atoms with Crippen LogP contribution in [0.2, 0.25) is 0 Å². The summed E-state index contributed by atoms with van der Waals surface area (Å²) in [6.45, 7) is 2.51. The molecule has 6 heteroatoms. The molecule has 0 aliphatic carbocycles. The van der Waals surface area contributed by atoms with Crippen LogP contribution in [0.15, 0.2) is 6.33 Å². The Kier molecular flexibility index (Phi) is 4.79. The summed E-state index contributed by atoms with van der Waals surface area (Å²) in [5, 5.41) is 8.63. The number of aromatic nitrogens is 2. The molecular formula is C9H16N4O2. The monoisotopic (exact) mass is 212 g/mol. The molecular weight excluding hydrogens is 196 g/mol. The predicted octanol–water partition coefficient (Wildman–Crippen LogP) is 0.0858. The van der Waals surface area contributed by atoms with Gasteiger partial charge >= 0.3 is 0 Å². The van der Waals surface area contributed by atoms with Gasteiger partial charge in [-0.25, -0.2) is 15.8 Å². The normalized spacial score (nSPS) is 10.1. The van der Waals surface area contributed by atoms with Crippen LogP contribution in [0.5, 0.6) is 5.88 Å². The number of anilines is 1. The van der Waals surface area contributed by atoms with E-state index < -0.39 is 0 Å². The van der Waals surface area contributed by atoms with Crippen molar-refractivity contribution in [1.82, 2.24) is 9.97 Å². The SMILES string of the molecule is CCc1c(NN)ncnc1OCCCO. The van der Waals surface area contributed by atoms with E-state index in [-0.39, 0.29) is 6.61 Å². The van der Waals surface area contributed by atoms with Crippen LogP contribution in [0, 0.1) is 0 Å². The van der Waals surface area contributed by atoms with Gasteiger partial charge in [-0.3, -0.25) is 0 Å². The Bertz CT molecular complexity index is 306. The van der Waals surface area contributed by atoms with Gasteiger partial charge in [0, 0.05) is 13.0 Å². The summed E-state index contributed by atoms with van der Waals surface area (Å²) in [6.07, 6.45) is 2.70. The molecule has 1 heterocycles. The number of hydrogen-bond donors (Lipinski definition) is 3. The molecule has 1 aromatic rings. The van der Waals surface area contributed by atoms with Crippen LogP contribution >= 0.6 is 0 Å². The Balaban J connectivity index is 2.76. The molecule has 1 rings (SSSR count). The molecule has 6 nitrogen and oxygen atoms in total. The number of rotatable bonds is 6. The molecule has 15 heavy (non-hydrogen) atoms. The average molecular weight is 212 g/mol. The van der Waals surface area contributed by atoms with E-state index in [1.807, 2.05) is 6.92 Å². The Morgan fingerprint density at radius 2 is 2.33 bits per heavy atom. The largest absolute Gasteiger partial charge is 0.477 e. The molecule has 0 radical (unpaired) electrons. The number of aliphatic hydroxyl groups excluding tert-OH is 1. The summed E-state index contributed by atoms with van der Waals surface area (Å²) >= 11 is 0. The van der Waals surface area contributed by atoms with Crippen molar-refractivity contribution in [2.75, 3.05) is 18.6 Å². The molecule has 0 saturated heterocycles. The smallest absolute Gasteiger partial charge is 0.221 e. The van der Waals surface area contributed by atoms with Gasteiger partial charge in [0.05, 0.1) is 12.2 Å². The molecule has 0 spiro atoms. The Morgan fingerprint density at radius 1 is 1.53 bits per heavy atom. The highest BCUT2D eigenvalue weighted by Crippen LogP contribution is 2.21. The maximum absolute atomic E-state index is 8.63. The van der Waals surface area contributed by atoms with Gasteiger partial charge in [0.25, 0.3) is 0 Å². The van der Waals surface area contributed by atoms with E-state index in [4.69, 9.17) is 15.7 Å². The van der Waals surface area contributed by atoms with Crippen LogP contribution in [0.3, 0.4) is 0 Å². The first-order chi connectivity index (χ1) is 7.33. The quantitative estimate of drug-likeness (QED) is 0.351. The second kappa shape index (κ2) is 6.15. The van der Waals surface area contributed by atoms with Crippen LogP contribution < -0.4 is 16.0 Å². The van der Waals surface area contributed by atoms with Crippen molar-refractivity contribution in [3.63, 3.8) is 0 Å². The zero-order chi connectivity index (χ0) is 11.1. The number of nitrogen functional groups attached to an aromatic ring is 1. The van der Waals surface area contributed by atoms with Crippen molar-refractivity contribution >= 4 is 5.82 Å². The van der Waals surface area contributed by atoms with Crippen molar-refractivity contribution in [2.24, 2.45) is 5.84 Å². The fraction of sp³-hybridized carbons (Fsp3) is 0.556. The minimum Gasteiger partial charge on any atom is -0.477 e. The lowest BCUT2D eigenvalue weighted by Crippen LogP contribution is -2.13. The van der Waals surface area contributed by atoms with Gasteiger partial charge in [-0.05, 0) is 6.42 Å². The number of nitrogens with zero attached hydrogens (tertiary/aromatic N) is 2. The summed E-state index contributed by atoms with van der Waals surface area (Å²) in [4.78, 5) is 8.00. The lowest BCUT2D eigenvalue weighted by molar-refractivity contribution is 0.228. The van der Waals surface area contributed by atoms with Gasteiger partial charge in [0.15, 0.2) is 0 Å². The highest BCUT2D eigenvalue weighted by atomic mass is 16.5. The first-order valence-corrected chi connectivity index (χ1v) is 4.87. The molecule has 0 aromatic carbocycles. The van der Waals surface area contributed by atoms with E-state index in [0.717, 1.165) is 12.0 Å². The van der Waals surface area contributed by atoms with E-state index in [1.165, 1.54) is 6.33 Å². The third kappa shape index (κ3) is 3.03. The van der Waals surface area contributed by atoms with Gasteiger partial charge in [0.1, 0.15) is 12.1 Å². The molecule has 0 fully saturated rings. The molecule has 84 valence electrons. The molecule has 1 aromatic heterocycles. The molecule has 0 amide bonds. The molecule has 4 N–H and O–H groups in total. The third-order valence-electron chi connectivity index (χ3n) is 1.94. The Hall–Kier alpha value is -1.40. The van der Waals surface area contributed by atoms with E-state index >= 15 is 0 Å². The lowest BCUT2D eigenvalue weighted by Gasteiger charge is -2.11. The average Bonchev–Trinajstić information content (AvgIpc) is 2.29. The molecule has 0 aliphatic rings. The molecule has 0 aliphatic heterocycles. The first-order valence-electron chi connectivity index (χ1n) is 4.87. The van der Waals surface area contributed by atoms with E-state index in [0.29, 0.717) is 24.7 Å². The first kappa shape index (κ1) is 11.7. The minimum absolute atomic E-state index is 0.106. The summed E-state index contributed by atoms with van der Waals surface area (Å²) in [6, 6.07) is 0. The zero-order valence-corrected chi connectivity index (χ0v) is 8.73. The van der Waals surface area contributed by atoms with Crippen molar-refractivity contribution in [1.29, 1.82) is 0 Å². The van der Waals surface area contributed by atoms with Gasteiger partial charge in [-0.15, -0.1) is 0 Å². The van der Waals surface area contributed by atoms with Crippen molar-refractivity contribution in [3.8, 4) is 5.88 Å². The van der Waals surface area contributed by atoms with Crippen molar-refractivity contribution in [2.45, 2.75) is 19.8 Å². The zero-order valence-electron chi connectivity index (χ0n) is 8.73. The Labute approximate surface area is 88.5 Å². The standard InChI is InChI=1S/C9H16N4O2/c1-2-7-8(13-10)11-6-12-9(7)15-5-3-4-14/h6,14H,2-5,10H2,1H3,(H,11,12,13). The number of ether oxygens (including phenoxy) is 1.